The zero-order valence-corrected chi connectivity index (χ0v) is 11.7. The first kappa shape index (κ1) is 14.4. The third-order valence-corrected chi connectivity index (χ3v) is 3.29. The van der Waals surface area contributed by atoms with Gasteiger partial charge in [0.2, 0.25) is 0 Å². The summed E-state index contributed by atoms with van der Waals surface area (Å²) in [7, 11) is 0. The van der Waals surface area contributed by atoms with Crippen LogP contribution in [0.15, 0.2) is 40.9 Å². The van der Waals surface area contributed by atoms with Crippen LogP contribution in [0, 0.1) is 21.7 Å². The summed E-state index contributed by atoms with van der Waals surface area (Å²) in [6, 6.07) is 8.12. The summed E-state index contributed by atoms with van der Waals surface area (Å²) in [6.07, 6.45) is 0. The fraction of sp³-hybridized carbons (Fsp3) is 0.0769. The number of anilines is 1. The van der Waals surface area contributed by atoms with Gasteiger partial charge in [-0.25, -0.2) is 8.78 Å². The SMILES string of the molecule is O=[N+]([O-])c1cc(CNc2ccc(F)c(F)c2)ccc1Br. The quantitative estimate of drug-likeness (QED) is 0.667. The second-order valence-electron chi connectivity index (χ2n) is 4.03. The number of rotatable bonds is 4. The summed E-state index contributed by atoms with van der Waals surface area (Å²) in [6.45, 7) is 0.263. The van der Waals surface area contributed by atoms with Gasteiger partial charge in [-0.1, -0.05) is 6.07 Å². The van der Waals surface area contributed by atoms with E-state index in [4.69, 9.17) is 0 Å². The largest absolute Gasteiger partial charge is 0.381 e. The molecule has 0 bridgehead atoms. The van der Waals surface area contributed by atoms with Crippen molar-refractivity contribution in [2.75, 3.05) is 5.32 Å². The Kier molecular flexibility index (Phi) is 4.29. The molecule has 0 aliphatic heterocycles. The Bertz CT molecular complexity index is 665. The van der Waals surface area contributed by atoms with Crippen LogP contribution >= 0.6 is 15.9 Å². The van der Waals surface area contributed by atoms with E-state index in [2.05, 4.69) is 21.2 Å². The van der Waals surface area contributed by atoms with Gasteiger partial charge < -0.3 is 5.32 Å². The van der Waals surface area contributed by atoms with Crippen LogP contribution in [-0.4, -0.2) is 4.92 Å². The van der Waals surface area contributed by atoms with E-state index in [1.165, 1.54) is 12.1 Å². The molecule has 0 saturated heterocycles. The minimum atomic E-state index is -0.947. The lowest BCUT2D eigenvalue weighted by Gasteiger charge is -2.07. The standard InChI is InChI=1S/C13H9BrF2N2O2/c14-10-3-1-8(5-13(10)18(19)20)7-17-9-2-4-11(15)12(16)6-9/h1-6,17H,7H2. The van der Waals surface area contributed by atoms with Gasteiger partial charge in [0, 0.05) is 24.4 Å². The summed E-state index contributed by atoms with van der Waals surface area (Å²) in [4.78, 5) is 10.3. The lowest BCUT2D eigenvalue weighted by molar-refractivity contribution is -0.385. The molecular weight excluding hydrogens is 334 g/mol. The molecule has 1 N–H and O–H groups in total. The van der Waals surface area contributed by atoms with Gasteiger partial charge in [0.05, 0.1) is 9.40 Å². The highest BCUT2D eigenvalue weighted by Gasteiger charge is 2.12. The number of hydrogen-bond acceptors (Lipinski definition) is 3. The van der Waals surface area contributed by atoms with Crippen LogP contribution in [0.4, 0.5) is 20.2 Å². The molecule has 0 aromatic heterocycles. The Hall–Kier alpha value is -2.02. The van der Waals surface area contributed by atoms with E-state index in [0.29, 0.717) is 15.7 Å². The van der Waals surface area contributed by atoms with Crippen LogP contribution in [0.5, 0.6) is 0 Å². The second kappa shape index (κ2) is 5.96. The number of nitrogens with zero attached hydrogens (tertiary/aromatic N) is 1. The van der Waals surface area contributed by atoms with Crippen molar-refractivity contribution in [1.82, 2.24) is 0 Å². The maximum atomic E-state index is 13.0. The molecule has 4 nitrogen and oxygen atoms in total. The van der Waals surface area contributed by atoms with E-state index in [0.717, 1.165) is 12.1 Å². The Morgan fingerprint density at radius 2 is 1.90 bits per heavy atom. The van der Waals surface area contributed by atoms with Crippen LogP contribution in [0.1, 0.15) is 5.56 Å². The lowest BCUT2D eigenvalue weighted by Crippen LogP contribution is -2.01. The van der Waals surface area contributed by atoms with Gasteiger partial charge in [0.25, 0.3) is 5.69 Å². The molecule has 0 unspecified atom stereocenters. The maximum Gasteiger partial charge on any atom is 0.283 e. The normalized spacial score (nSPS) is 10.3. The average Bonchev–Trinajstić information content (AvgIpc) is 2.41. The fourth-order valence-electron chi connectivity index (χ4n) is 1.62. The van der Waals surface area contributed by atoms with E-state index in [1.807, 2.05) is 0 Å². The van der Waals surface area contributed by atoms with Gasteiger partial charge in [-0.05, 0) is 39.7 Å². The van der Waals surface area contributed by atoms with Gasteiger partial charge in [-0.2, -0.15) is 0 Å². The zero-order chi connectivity index (χ0) is 14.7. The third-order valence-electron chi connectivity index (χ3n) is 2.62. The van der Waals surface area contributed by atoms with Crippen molar-refractivity contribution in [3.8, 4) is 0 Å². The fourth-order valence-corrected chi connectivity index (χ4v) is 2.01. The molecule has 104 valence electrons. The van der Waals surface area contributed by atoms with Crippen molar-refractivity contribution in [3.05, 3.63) is 68.2 Å². The third kappa shape index (κ3) is 3.30. The Balaban J connectivity index is 2.12. The molecule has 0 radical (unpaired) electrons. The van der Waals surface area contributed by atoms with Crippen LogP contribution in [0.2, 0.25) is 0 Å². The van der Waals surface area contributed by atoms with E-state index in [9.17, 15) is 18.9 Å². The van der Waals surface area contributed by atoms with E-state index in [1.54, 1.807) is 12.1 Å². The van der Waals surface area contributed by atoms with Crippen molar-refractivity contribution < 1.29 is 13.7 Å². The minimum Gasteiger partial charge on any atom is -0.381 e. The zero-order valence-electron chi connectivity index (χ0n) is 10.1. The number of halogens is 3. The Labute approximate surface area is 121 Å². The molecule has 0 aliphatic rings. The molecule has 0 fully saturated rings. The molecule has 0 atom stereocenters. The maximum absolute atomic E-state index is 13.0. The smallest absolute Gasteiger partial charge is 0.283 e. The second-order valence-corrected chi connectivity index (χ2v) is 4.88. The highest BCUT2D eigenvalue weighted by atomic mass is 79.9. The summed E-state index contributed by atoms with van der Waals surface area (Å²) in [5.74, 6) is -1.87. The predicted octanol–water partition coefficient (Wildman–Crippen LogP) is 4.25. The highest BCUT2D eigenvalue weighted by molar-refractivity contribution is 9.10. The van der Waals surface area contributed by atoms with Gasteiger partial charge in [-0.3, -0.25) is 10.1 Å². The van der Waals surface area contributed by atoms with Crippen LogP contribution in [0.25, 0.3) is 0 Å². The van der Waals surface area contributed by atoms with Crippen LogP contribution in [-0.2, 0) is 6.54 Å². The van der Waals surface area contributed by atoms with Crippen molar-refractivity contribution in [1.29, 1.82) is 0 Å². The summed E-state index contributed by atoms with van der Waals surface area (Å²) in [5.41, 5.74) is 1.01. The molecule has 0 amide bonds. The molecule has 0 aliphatic carbocycles. The average molecular weight is 343 g/mol. The highest BCUT2D eigenvalue weighted by Crippen LogP contribution is 2.26. The first-order valence-electron chi connectivity index (χ1n) is 5.59. The number of benzene rings is 2. The number of nitrogens with one attached hydrogen (secondary N) is 1. The monoisotopic (exact) mass is 342 g/mol. The molecule has 2 aromatic carbocycles. The summed E-state index contributed by atoms with van der Waals surface area (Å²) < 4.78 is 26.2. The summed E-state index contributed by atoms with van der Waals surface area (Å²) in [5, 5.41) is 13.7. The molecule has 7 heteroatoms. The predicted molar refractivity (Wildman–Crippen MR) is 74.5 cm³/mol. The van der Waals surface area contributed by atoms with E-state index >= 15 is 0 Å². The molecule has 20 heavy (non-hydrogen) atoms. The van der Waals surface area contributed by atoms with Crippen molar-refractivity contribution in [2.24, 2.45) is 0 Å². The van der Waals surface area contributed by atoms with Crippen molar-refractivity contribution in [3.63, 3.8) is 0 Å². The molecule has 0 spiro atoms. The first-order valence-corrected chi connectivity index (χ1v) is 6.38. The van der Waals surface area contributed by atoms with Crippen molar-refractivity contribution in [2.45, 2.75) is 6.54 Å². The van der Waals surface area contributed by atoms with Crippen LogP contribution in [0.3, 0.4) is 0 Å². The Morgan fingerprint density at radius 3 is 2.55 bits per heavy atom. The minimum absolute atomic E-state index is 0.0467. The van der Waals surface area contributed by atoms with Gasteiger partial charge in [-0.15, -0.1) is 0 Å². The Morgan fingerprint density at radius 1 is 1.15 bits per heavy atom. The molecule has 0 saturated carbocycles. The summed E-state index contributed by atoms with van der Waals surface area (Å²) >= 11 is 3.09. The van der Waals surface area contributed by atoms with E-state index in [-0.39, 0.29) is 12.2 Å². The lowest BCUT2D eigenvalue weighted by atomic mass is 10.2. The van der Waals surface area contributed by atoms with Crippen molar-refractivity contribution >= 4 is 27.3 Å². The van der Waals surface area contributed by atoms with Gasteiger partial charge in [0.1, 0.15) is 0 Å². The molecular formula is C13H9BrF2N2O2. The number of hydrogen-bond donors (Lipinski definition) is 1. The number of nitro groups is 1. The number of nitro benzene ring substituents is 1. The first-order chi connectivity index (χ1) is 9.47. The van der Waals surface area contributed by atoms with Gasteiger partial charge in [0.15, 0.2) is 11.6 Å². The van der Waals surface area contributed by atoms with Crippen LogP contribution < -0.4 is 5.32 Å². The topological polar surface area (TPSA) is 55.2 Å². The molecule has 0 heterocycles. The molecule has 2 rings (SSSR count). The van der Waals surface area contributed by atoms with Gasteiger partial charge >= 0.3 is 0 Å². The van der Waals surface area contributed by atoms with E-state index < -0.39 is 16.6 Å². The molecule has 2 aromatic rings.